The summed E-state index contributed by atoms with van der Waals surface area (Å²) in [5.41, 5.74) is 2.62. The van der Waals surface area contributed by atoms with Crippen LogP contribution in [-0.4, -0.2) is 46.0 Å². The summed E-state index contributed by atoms with van der Waals surface area (Å²) in [6, 6.07) is 0.322. The Kier molecular flexibility index (Phi) is 7.40. The highest BCUT2D eigenvalue weighted by molar-refractivity contribution is 8.77. The van der Waals surface area contributed by atoms with Crippen molar-refractivity contribution in [2.45, 2.75) is 81.9 Å². The summed E-state index contributed by atoms with van der Waals surface area (Å²) in [5.74, 6) is 2.69. The summed E-state index contributed by atoms with van der Waals surface area (Å²) >= 11 is 0. The SMILES string of the molecule is O=C(CCCC[C@@H]1CCSS1)NC1CCN(c2ncnc3c2CCCC3)CC1. The van der Waals surface area contributed by atoms with Crippen molar-refractivity contribution in [1.82, 2.24) is 15.3 Å². The first-order valence-corrected chi connectivity index (χ1v) is 13.3. The van der Waals surface area contributed by atoms with Crippen molar-refractivity contribution in [2.75, 3.05) is 23.7 Å². The summed E-state index contributed by atoms with van der Waals surface area (Å²) in [6.07, 6.45) is 14.0. The number of unbranched alkanes of at least 4 members (excludes halogenated alkanes) is 1. The Morgan fingerprint density at radius 3 is 2.82 bits per heavy atom. The van der Waals surface area contributed by atoms with Crippen LogP contribution in [0.4, 0.5) is 5.82 Å². The number of nitrogens with zero attached hydrogens (tertiary/aromatic N) is 3. The molecule has 2 fully saturated rings. The Morgan fingerprint density at radius 1 is 1.14 bits per heavy atom. The molecule has 0 aromatic carbocycles. The quantitative estimate of drug-likeness (QED) is 0.528. The average molecular weight is 421 g/mol. The molecule has 2 saturated heterocycles. The van der Waals surface area contributed by atoms with E-state index in [0.29, 0.717) is 12.5 Å². The van der Waals surface area contributed by atoms with Crippen molar-refractivity contribution in [3.05, 3.63) is 17.6 Å². The number of hydrogen-bond donors (Lipinski definition) is 1. The van der Waals surface area contributed by atoms with Crippen molar-refractivity contribution in [3.63, 3.8) is 0 Å². The fourth-order valence-electron chi connectivity index (χ4n) is 4.53. The maximum Gasteiger partial charge on any atom is 0.220 e. The Bertz CT molecular complexity index is 658. The van der Waals surface area contributed by atoms with Gasteiger partial charge in [-0.3, -0.25) is 4.79 Å². The molecule has 2 aliphatic heterocycles. The second-order valence-corrected chi connectivity index (χ2v) is 11.0. The zero-order valence-corrected chi connectivity index (χ0v) is 18.3. The van der Waals surface area contributed by atoms with Crippen molar-refractivity contribution < 1.29 is 4.79 Å². The van der Waals surface area contributed by atoms with Gasteiger partial charge in [0, 0.05) is 47.8 Å². The summed E-state index contributed by atoms with van der Waals surface area (Å²) < 4.78 is 0. The van der Waals surface area contributed by atoms with Gasteiger partial charge in [0.25, 0.3) is 0 Å². The van der Waals surface area contributed by atoms with Crippen LogP contribution in [0.15, 0.2) is 6.33 Å². The van der Waals surface area contributed by atoms with E-state index in [1.54, 1.807) is 6.33 Å². The van der Waals surface area contributed by atoms with E-state index in [1.807, 2.05) is 21.6 Å². The highest BCUT2D eigenvalue weighted by atomic mass is 33.1. The molecule has 0 spiro atoms. The molecule has 3 heterocycles. The van der Waals surface area contributed by atoms with E-state index in [9.17, 15) is 4.79 Å². The van der Waals surface area contributed by atoms with Gasteiger partial charge < -0.3 is 10.2 Å². The van der Waals surface area contributed by atoms with Crippen molar-refractivity contribution >= 4 is 33.3 Å². The molecule has 1 atom stereocenters. The number of amides is 1. The number of fused-ring (bicyclic) bond motifs is 1. The van der Waals surface area contributed by atoms with Crippen molar-refractivity contribution in [3.8, 4) is 0 Å². The molecule has 1 aromatic heterocycles. The van der Waals surface area contributed by atoms with E-state index >= 15 is 0 Å². The van der Waals surface area contributed by atoms with Crippen LogP contribution in [0.2, 0.25) is 0 Å². The lowest BCUT2D eigenvalue weighted by molar-refractivity contribution is -0.122. The number of aromatic nitrogens is 2. The summed E-state index contributed by atoms with van der Waals surface area (Å²) in [7, 11) is 4.04. The molecule has 0 unspecified atom stereocenters. The van der Waals surface area contributed by atoms with Crippen LogP contribution in [0.25, 0.3) is 0 Å². The molecule has 5 nitrogen and oxygen atoms in total. The highest BCUT2D eigenvalue weighted by Crippen LogP contribution is 2.39. The standard InChI is InChI=1S/C21H32N4OS2/c26-20(8-4-1-5-17-11-14-27-28-17)24-16-9-12-25(13-10-16)21-18-6-2-3-7-19(18)22-15-23-21/h15-17H,1-14H2,(H,24,26)/t17-/m1/s1. The van der Waals surface area contributed by atoms with E-state index < -0.39 is 0 Å². The molecular formula is C21H32N4OS2. The molecule has 1 N–H and O–H groups in total. The maximum absolute atomic E-state index is 12.3. The number of aryl methyl sites for hydroxylation is 1. The van der Waals surface area contributed by atoms with Gasteiger partial charge in [-0.1, -0.05) is 28.0 Å². The van der Waals surface area contributed by atoms with Crippen LogP contribution in [0, 0.1) is 0 Å². The lowest BCUT2D eigenvalue weighted by Gasteiger charge is -2.35. The molecule has 0 bridgehead atoms. The Hall–Kier alpha value is -0.950. The summed E-state index contributed by atoms with van der Waals surface area (Å²) in [6.45, 7) is 1.95. The summed E-state index contributed by atoms with van der Waals surface area (Å²) in [5, 5.41) is 4.10. The smallest absolute Gasteiger partial charge is 0.220 e. The zero-order valence-electron chi connectivity index (χ0n) is 16.7. The van der Waals surface area contributed by atoms with Gasteiger partial charge in [-0.2, -0.15) is 0 Å². The summed E-state index contributed by atoms with van der Waals surface area (Å²) in [4.78, 5) is 23.8. The topological polar surface area (TPSA) is 58.1 Å². The average Bonchev–Trinajstić information content (AvgIpc) is 3.25. The molecule has 7 heteroatoms. The number of carbonyl (C=O) groups is 1. The Morgan fingerprint density at radius 2 is 2.00 bits per heavy atom. The molecule has 1 amide bonds. The predicted octanol–water partition coefficient (Wildman–Crippen LogP) is 4.15. The minimum atomic E-state index is 0.242. The van der Waals surface area contributed by atoms with Crippen molar-refractivity contribution in [1.29, 1.82) is 0 Å². The van der Waals surface area contributed by atoms with Crippen LogP contribution in [-0.2, 0) is 17.6 Å². The van der Waals surface area contributed by atoms with Crippen LogP contribution < -0.4 is 10.2 Å². The van der Waals surface area contributed by atoms with E-state index in [-0.39, 0.29) is 5.91 Å². The Labute approximate surface area is 176 Å². The van der Waals surface area contributed by atoms with Gasteiger partial charge in [-0.25, -0.2) is 9.97 Å². The molecule has 3 aliphatic rings. The van der Waals surface area contributed by atoms with Crippen molar-refractivity contribution in [2.24, 2.45) is 0 Å². The molecule has 0 saturated carbocycles. The first-order valence-electron chi connectivity index (χ1n) is 10.9. The number of rotatable bonds is 7. The van der Waals surface area contributed by atoms with Crippen LogP contribution in [0.5, 0.6) is 0 Å². The fourth-order valence-corrected chi connectivity index (χ4v) is 7.56. The van der Waals surface area contributed by atoms with Crippen LogP contribution in [0.1, 0.15) is 69.0 Å². The fraction of sp³-hybridized carbons (Fsp3) is 0.762. The lowest BCUT2D eigenvalue weighted by atomic mass is 9.95. The molecule has 28 heavy (non-hydrogen) atoms. The van der Waals surface area contributed by atoms with Gasteiger partial charge in [0.2, 0.25) is 5.91 Å². The normalized spacial score (nSPS) is 22.9. The van der Waals surface area contributed by atoms with E-state index in [4.69, 9.17) is 0 Å². The van der Waals surface area contributed by atoms with E-state index in [0.717, 1.165) is 56.3 Å². The predicted molar refractivity (Wildman–Crippen MR) is 119 cm³/mol. The van der Waals surface area contributed by atoms with Crippen LogP contribution >= 0.6 is 21.6 Å². The van der Waals surface area contributed by atoms with Gasteiger partial charge in [0.15, 0.2) is 0 Å². The first kappa shape index (κ1) is 20.3. The molecule has 4 rings (SSSR count). The number of nitrogens with one attached hydrogen (secondary N) is 1. The molecule has 154 valence electrons. The number of anilines is 1. The van der Waals surface area contributed by atoms with Gasteiger partial charge in [0.1, 0.15) is 12.1 Å². The van der Waals surface area contributed by atoms with E-state index in [1.165, 1.54) is 49.1 Å². The molecular weight excluding hydrogens is 388 g/mol. The lowest BCUT2D eigenvalue weighted by Crippen LogP contribution is -2.45. The van der Waals surface area contributed by atoms with Gasteiger partial charge in [-0.05, 0) is 57.8 Å². The first-order chi connectivity index (χ1) is 13.8. The van der Waals surface area contributed by atoms with Gasteiger partial charge >= 0.3 is 0 Å². The number of carbonyl (C=O) groups excluding carboxylic acids is 1. The number of piperidine rings is 1. The molecule has 1 aromatic rings. The third-order valence-electron chi connectivity index (χ3n) is 6.17. The number of hydrogen-bond acceptors (Lipinski definition) is 6. The van der Waals surface area contributed by atoms with Gasteiger partial charge in [0.05, 0.1) is 0 Å². The Balaban J connectivity index is 1.18. The minimum Gasteiger partial charge on any atom is -0.356 e. The van der Waals surface area contributed by atoms with Gasteiger partial charge in [-0.15, -0.1) is 0 Å². The second-order valence-electron chi connectivity index (χ2n) is 8.23. The maximum atomic E-state index is 12.3. The van der Waals surface area contributed by atoms with Crippen LogP contribution in [0.3, 0.4) is 0 Å². The molecule has 1 aliphatic carbocycles. The monoisotopic (exact) mass is 420 g/mol. The third kappa shape index (κ3) is 5.35. The largest absolute Gasteiger partial charge is 0.356 e. The second kappa shape index (κ2) is 10.2. The van der Waals surface area contributed by atoms with E-state index in [2.05, 4.69) is 20.2 Å². The highest BCUT2D eigenvalue weighted by Gasteiger charge is 2.25. The zero-order chi connectivity index (χ0) is 19.2. The third-order valence-corrected chi connectivity index (χ3v) is 9.18. The minimum absolute atomic E-state index is 0.242. The molecule has 0 radical (unpaired) electrons.